The summed E-state index contributed by atoms with van der Waals surface area (Å²) < 4.78 is 59.4. The van der Waals surface area contributed by atoms with Crippen LogP contribution in [-0.4, -0.2) is 32.7 Å². The van der Waals surface area contributed by atoms with Gasteiger partial charge in [0.05, 0.1) is 27.1 Å². The van der Waals surface area contributed by atoms with Gasteiger partial charge in [-0.1, -0.05) is 62.4 Å². The van der Waals surface area contributed by atoms with Crippen LogP contribution >= 0.6 is 0 Å². The van der Waals surface area contributed by atoms with Crippen LogP contribution < -0.4 is 5.32 Å². The summed E-state index contributed by atoms with van der Waals surface area (Å²) in [5, 5.41) is 3.52. The minimum absolute atomic E-state index is 0.0748. The highest BCUT2D eigenvalue weighted by Crippen LogP contribution is 2.37. The molecular weight excluding hydrogens is 410 g/mol. The van der Waals surface area contributed by atoms with E-state index in [1.807, 2.05) is 56.3 Å². The highest BCUT2D eigenvalue weighted by Gasteiger charge is 2.41. The molecule has 0 amide bonds. The fourth-order valence-corrected chi connectivity index (χ4v) is 6.33. The highest BCUT2D eigenvalue weighted by atomic mass is 32.2. The van der Waals surface area contributed by atoms with Crippen LogP contribution in [0, 0.1) is 0 Å². The third-order valence-electron chi connectivity index (χ3n) is 5.24. The van der Waals surface area contributed by atoms with E-state index in [-0.39, 0.29) is 10.6 Å². The summed E-state index contributed by atoms with van der Waals surface area (Å²) in [5.41, 5.74) is 0.518. The third-order valence-corrected chi connectivity index (χ3v) is 8.01. The molecule has 2 aromatic carbocycles. The zero-order valence-electron chi connectivity index (χ0n) is 16.4. The number of hydrogen-bond acceptors (Lipinski definition) is 5. The number of fused-ring (bicyclic) bond motifs is 1. The zero-order valence-corrected chi connectivity index (χ0v) is 18.0. The summed E-state index contributed by atoms with van der Waals surface area (Å²) in [6.45, 7) is 3.90. The first-order valence-electron chi connectivity index (χ1n) is 9.46. The first-order chi connectivity index (χ1) is 13.6. The van der Waals surface area contributed by atoms with Gasteiger partial charge < -0.3 is 0 Å². The lowest BCUT2D eigenvalue weighted by Gasteiger charge is -2.33. The summed E-state index contributed by atoms with van der Waals surface area (Å²) in [6.07, 6.45) is 5.13. The van der Waals surface area contributed by atoms with E-state index < -0.39 is 36.4 Å². The molecule has 2 N–H and O–H groups in total. The predicted molar refractivity (Wildman–Crippen MR) is 112 cm³/mol. The summed E-state index contributed by atoms with van der Waals surface area (Å²) in [5.74, 6) is -0.210. The highest BCUT2D eigenvalue weighted by molar-refractivity contribution is 7.91. The van der Waals surface area contributed by atoms with Gasteiger partial charge in [-0.15, -0.1) is 0 Å². The Morgan fingerprint density at radius 1 is 1.17 bits per heavy atom. The van der Waals surface area contributed by atoms with Crippen LogP contribution in [0.15, 0.2) is 70.5 Å². The second-order valence-corrected chi connectivity index (χ2v) is 10.6. The van der Waals surface area contributed by atoms with Gasteiger partial charge in [-0.2, -0.15) is 8.42 Å². The predicted octanol–water partition coefficient (Wildman–Crippen LogP) is 3.51. The second-order valence-electron chi connectivity index (χ2n) is 7.24. The van der Waals surface area contributed by atoms with Gasteiger partial charge in [0.15, 0.2) is 9.84 Å². The topological polar surface area (TPSA) is 101 Å². The molecular formula is C21H25NO5S2. The smallest absolute Gasteiger partial charge is 0.294 e. The van der Waals surface area contributed by atoms with Crippen LogP contribution in [0.2, 0.25) is 0 Å². The normalized spacial score (nSPS) is 24.2. The van der Waals surface area contributed by atoms with Crippen molar-refractivity contribution >= 4 is 20.0 Å². The number of benzene rings is 2. The van der Waals surface area contributed by atoms with Gasteiger partial charge >= 0.3 is 0 Å². The molecule has 0 fully saturated rings. The Labute approximate surface area is 172 Å². The van der Waals surface area contributed by atoms with E-state index in [9.17, 15) is 21.4 Å². The van der Waals surface area contributed by atoms with Crippen molar-refractivity contribution in [3.8, 4) is 0 Å². The lowest BCUT2D eigenvalue weighted by molar-refractivity contribution is 0.394. The maximum Gasteiger partial charge on any atom is 0.294 e. The van der Waals surface area contributed by atoms with E-state index >= 15 is 0 Å². The van der Waals surface area contributed by atoms with E-state index in [1.54, 1.807) is 0 Å². The van der Waals surface area contributed by atoms with Gasteiger partial charge in [0.2, 0.25) is 0 Å². The summed E-state index contributed by atoms with van der Waals surface area (Å²) in [4.78, 5) is -0.506. The minimum atomic E-state index is -4.53. The Morgan fingerprint density at radius 2 is 1.86 bits per heavy atom. The average molecular weight is 436 g/mol. The number of sulfone groups is 1. The first kappa shape index (κ1) is 21.7. The largest absolute Gasteiger partial charge is 0.296 e. The molecule has 1 aliphatic rings. The number of hydrogen-bond donors (Lipinski definition) is 2. The summed E-state index contributed by atoms with van der Waals surface area (Å²) in [6, 6.07) is 12.7. The van der Waals surface area contributed by atoms with Crippen molar-refractivity contribution in [2.45, 2.75) is 48.1 Å². The third kappa shape index (κ3) is 4.45. The van der Waals surface area contributed by atoms with Crippen molar-refractivity contribution in [1.82, 2.24) is 5.32 Å². The van der Waals surface area contributed by atoms with Crippen LogP contribution in [0.5, 0.6) is 0 Å². The monoisotopic (exact) mass is 435 g/mol. The molecule has 1 aliphatic heterocycles. The molecule has 0 aromatic heterocycles. The molecule has 0 spiro atoms. The molecule has 0 saturated carbocycles. The van der Waals surface area contributed by atoms with Crippen LogP contribution in [0.4, 0.5) is 0 Å². The summed E-state index contributed by atoms with van der Waals surface area (Å²) >= 11 is 0. The van der Waals surface area contributed by atoms with Gasteiger partial charge in [0.1, 0.15) is 0 Å². The van der Waals surface area contributed by atoms with Crippen LogP contribution in [0.1, 0.15) is 43.9 Å². The molecule has 6 nitrogen and oxygen atoms in total. The summed E-state index contributed by atoms with van der Waals surface area (Å²) in [7, 11) is -8.37. The van der Waals surface area contributed by atoms with Crippen molar-refractivity contribution in [3.63, 3.8) is 0 Å². The molecule has 0 saturated heterocycles. The number of allylic oxidation sites excluding steroid dienone is 1. The fraction of sp³-hybridized carbons (Fsp3) is 0.333. The van der Waals surface area contributed by atoms with Crippen molar-refractivity contribution < 1.29 is 21.4 Å². The van der Waals surface area contributed by atoms with Gasteiger partial charge in [0, 0.05) is 0 Å². The molecule has 0 bridgehead atoms. The lowest BCUT2D eigenvalue weighted by atomic mass is 9.91. The quantitative estimate of drug-likeness (QED) is 0.551. The maximum atomic E-state index is 13.3. The second kappa shape index (κ2) is 8.02. The Kier molecular flexibility index (Phi) is 6.01. The van der Waals surface area contributed by atoms with E-state index in [4.69, 9.17) is 0 Å². The molecule has 3 rings (SSSR count). The molecule has 1 heterocycles. The van der Waals surface area contributed by atoms with Crippen LogP contribution in [0.3, 0.4) is 0 Å². The molecule has 156 valence electrons. The molecule has 0 aliphatic carbocycles. The van der Waals surface area contributed by atoms with Crippen LogP contribution in [0.25, 0.3) is 0 Å². The van der Waals surface area contributed by atoms with Gasteiger partial charge in [-0.05, 0) is 36.1 Å². The molecule has 0 radical (unpaired) electrons. The van der Waals surface area contributed by atoms with E-state index in [1.165, 1.54) is 12.1 Å². The molecule has 29 heavy (non-hydrogen) atoms. The van der Waals surface area contributed by atoms with E-state index in [0.717, 1.165) is 18.1 Å². The zero-order chi connectivity index (χ0) is 21.3. The lowest BCUT2D eigenvalue weighted by Crippen LogP contribution is -2.48. The fourth-order valence-electron chi connectivity index (χ4n) is 3.68. The molecule has 8 heteroatoms. The standard InChI is InChI=1S/C21H25NO5S2/c1-3-5-13-21(4-2)15-28(23,24)19-14-17(29(25,26)27)11-12-18(19)20(22-21)16-9-7-6-8-10-16/h5-14,20,22H,3-4,15H2,1-2H3,(H,25,26,27)/b13-5+/t20-,21-/m1/s1. The molecule has 2 atom stereocenters. The van der Waals surface area contributed by atoms with Crippen molar-refractivity contribution in [3.05, 3.63) is 71.8 Å². The van der Waals surface area contributed by atoms with Crippen LogP contribution in [-0.2, 0) is 20.0 Å². The van der Waals surface area contributed by atoms with E-state index in [0.29, 0.717) is 12.0 Å². The number of nitrogens with one attached hydrogen (secondary N) is 1. The minimum Gasteiger partial charge on any atom is -0.296 e. The van der Waals surface area contributed by atoms with Crippen molar-refractivity contribution in [2.24, 2.45) is 0 Å². The molecule has 0 unspecified atom stereocenters. The average Bonchev–Trinajstić information content (AvgIpc) is 2.79. The van der Waals surface area contributed by atoms with Gasteiger partial charge in [-0.25, -0.2) is 8.42 Å². The van der Waals surface area contributed by atoms with Crippen molar-refractivity contribution in [2.75, 3.05) is 5.75 Å². The Morgan fingerprint density at radius 3 is 2.45 bits per heavy atom. The Balaban J connectivity index is 2.31. The van der Waals surface area contributed by atoms with E-state index in [2.05, 4.69) is 5.32 Å². The maximum absolute atomic E-state index is 13.3. The SMILES string of the molecule is CC/C=C/[C@]1(CC)CS(=O)(=O)c2cc(S(=O)(=O)O)ccc2[C@@H](c2ccccc2)N1. The Bertz CT molecular complexity index is 1120. The Hall–Kier alpha value is -2.00. The van der Waals surface area contributed by atoms with Gasteiger partial charge in [-0.3, -0.25) is 9.87 Å². The van der Waals surface area contributed by atoms with Crippen molar-refractivity contribution in [1.29, 1.82) is 0 Å². The van der Waals surface area contributed by atoms with Gasteiger partial charge in [0.25, 0.3) is 10.1 Å². The first-order valence-corrected chi connectivity index (χ1v) is 12.6. The number of rotatable bonds is 5. The molecule has 2 aromatic rings.